The van der Waals surface area contributed by atoms with Gasteiger partial charge in [0.25, 0.3) is 0 Å². The molecule has 4 rings (SSSR count). The molecule has 0 aliphatic rings. The molecule has 29 heavy (non-hydrogen) atoms. The molecule has 4 aromatic rings. The van der Waals surface area contributed by atoms with Crippen LogP contribution in [0.5, 0.6) is 0 Å². The first kappa shape index (κ1) is 14.0. The summed E-state index contributed by atoms with van der Waals surface area (Å²) in [4.78, 5) is 3.57. The molecule has 2 aromatic heterocycles. The Balaban J connectivity index is 2.21. The summed E-state index contributed by atoms with van der Waals surface area (Å²) >= 11 is 0. The Bertz CT molecular complexity index is 1490. The van der Waals surface area contributed by atoms with Gasteiger partial charge in [-0.2, -0.15) is 4.57 Å². The number of benzene rings is 2. The average Bonchev–Trinajstić information content (AvgIpc) is 3.13. The van der Waals surface area contributed by atoms with E-state index in [1.807, 2.05) is 51.4 Å². The van der Waals surface area contributed by atoms with E-state index in [-0.39, 0.29) is 11.5 Å². The first-order chi connectivity index (χ1) is 15.8. The number of pyridine rings is 1. The maximum Gasteiger partial charge on any atom is 0.229 e. The zero-order valence-corrected chi connectivity index (χ0v) is 17.3. The number of furan rings is 1. The van der Waals surface area contributed by atoms with Crippen molar-refractivity contribution in [3.63, 3.8) is 0 Å². The van der Waals surface area contributed by atoms with Crippen molar-refractivity contribution in [3.05, 3.63) is 70.2 Å². The van der Waals surface area contributed by atoms with Gasteiger partial charge in [-0.3, -0.25) is 0 Å². The standard InChI is InChI=1S/C26H27N2O/c1-15(2)11-19-13-18(5)28(7)22(14-19)24-17(4)12-16(3)23-20-9-8-10-21(27-6)25(20)29-26(23)24/h8-10,12-15H,11H2,1-5,7H3/q+1/i3D3,11D2. The second-order valence-electron chi connectivity index (χ2n) is 7.82. The number of hydrogen-bond acceptors (Lipinski definition) is 1. The Morgan fingerprint density at radius 1 is 1.17 bits per heavy atom. The molecular formula is C26H27N2O+. The van der Waals surface area contributed by atoms with Crippen molar-refractivity contribution in [2.45, 2.75) is 40.9 Å². The highest BCUT2D eigenvalue weighted by Crippen LogP contribution is 2.42. The quantitative estimate of drug-likeness (QED) is 0.281. The molecule has 146 valence electrons. The van der Waals surface area contributed by atoms with Crippen LogP contribution in [0, 0.1) is 33.2 Å². The monoisotopic (exact) mass is 388 g/mol. The summed E-state index contributed by atoms with van der Waals surface area (Å²) in [6.45, 7) is 12.6. The highest BCUT2D eigenvalue weighted by atomic mass is 16.3. The fourth-order valence-corrected chi connectivity index (χ4v) is 3.95. The van der Waals surface area contributed by atoms with Crippen molar-refractivity contribution in [2.75, 3.05) is 0 Å². The van der Waals surface area contributed by atoms with Crippen LogP contribution >= 0.6 is 0 Å². The molecule has 0 aliphatic carbocycles. The van der Waals surface area contributed by atoms with Crippen LogP contribution in [-0.2, 0) is 13.4 Å². The van der Waals surface area contributed by atoms with E-state index in [1.54, 1.807) is 24.3 Å². The Hall–Kier alpha value is -3.12. The van der Waals surface area contributed by atoms with Gasteiger partial charge >= 0.3 is 0 Å². The van der Waals surface area contributed by atoms with Crippen LogP contribution < -0.4 is 4.57 Å². The zero-order valence-electron chi connectivity index (χ0n) is 22.3. The van der Waals surface area contributed by atoms with Gasteiger partial charge in [0.1, 0.15) is 18.2 Å². The van der Waals surface area contributed by atoms with Crippen molar-refractivity contribution in [2.24, 2.45) is 13.0 Å². The minimum Gasteiger partial charge on any atom is -0.466 e. The molecule has 0 bridgehead atoms. The van der Waals surface area contributed by atoms with Crippen LogP contribution in [0.1, 0.15) is 43.1 Å². The van der Waals surface area contributed by atoms with E-state index >= 15 is 0 Å². The summed E-state index contributed by atoms with van der Waals surface area (Å²) in [5, 5.41) is 1.06. The van der Waals surface area contributed by atoms with Gasteiger partial charge in [-0.15, -0.1) is 0 Å². The lowest BCUT2D eigenvalue weighted by atomic mass is 9.94. The Labute approximate surface area is 179 Å². The summed E-state index contributed by atoms with van der Waals surface area (Å²) in [6.07, 6.45) is -1.55. The smallest absolute Gasteiger partial charge is 0.229 e. The van der Waals surface area contributed by atoms with E-state index in [4.69, 9.17) is 17.8 Å². The fraction of sp³-hybridized carbons (Fsp3) is 0.308. The van der Waals surface area contributed by atoms with E-state index in [0.717, 1.165) is 11.4 Å². The third kappa shape index (κ3) is 3.09. The number of para-hydroxylation sites is 1. The Morgan fingerprint density at radius 2 is 1.97 bits per heavy atom. The number of hydrogen-bond donors (Lipinski definition) is 0. The van der Waals surface area contributed by atoms with Gasteiger partial charge in [0.15, 0.2) is 5.69 Å². The van der Waals surface area contributed by atoms with Crippen molar-refractivity contribution in [1.29, 1.82) is 0 Å². The predicted molar refractivity (Wildman–Crippen MR) is 119 cm³/mol. The molecular weight excluding hydrogens is 356 g/mol. The minimum atomic E-state index is -2.37. The lowest BCUT2D eigenvalue weighted by molar-refractivity contribution is -0.666. The van der Waals surface area contributed by atoms with Crippen LogP contribution in [-0.4, -0.2) is 0 Å². The van der Waals surface area contributed by atoms with Crippen molar-refractivity contribution in [3.8, 4) is 11.3 Å². The van der Waals surface area contributed by atoms with Crippen LogP contribution in [0.4, 0.5) is 5.69 Å². The first-order valence-corrected chi connectivity index (χ1v) is 9.67. The largest absolute Gasteiger partial charge is 0.466 e. The molecule has 0 spiro atoms. The third-order valence-corrected chi connectivity index (χ3v) is 5.33. The topological polar surface area (TPSA) is 21.4 Å². The van der Waals surface area contributed by atoms with Crippen molar-refractivity contribution < 1.29 is 15.8 Å². The Kier molecular flexibility index (Phi) is 3.39. The lowest BCUT2D eigenvalue weighted by Gasteiger charge is -2.12. The molecule has 3 heteroatoms. The van der Waals surface area contributed by atoms with Crippen LogP contribution in [0.2, 0.25) is 0 Å². The van der Waals surface area contributed by atoms with Gasteiger partial charge in [0.05, 0.1) is 12.1 Å². The van der Waals surface area contributed by atoms with Crippen LogP contribution in [0.3, 0.4) is 0 Å². The molecule has 3 nitrogen and oxygen atoms in total. The minimum absolute atomic E-state index is 0.178. The van der Waals surface area contributed by atoms with E-state index in [9.17, 15) is 0 Å². The maximum atomic E-state index is 8.65. The highest BCUT2D eigenvalue weighted by Gasteiger charge is 2.24. The van der Waals surface area contributed by atoms with E-state index in [1.165, 1.54) is 0 Å². The number of aryl methyl sites for hydroxylation is 3. The molecule has 0 unspecified atom stereocenters. The molecule has 0 fully saturated rings. The zero-order chi connectivity index (χ0) is 25.2. The predicted octanol–water partition coefficient (Wildman–Crippen LogP) is 6.75. The molecule has 2 heterocycles. The van der Waals surface area contributed by atoms with E-state index < -0.39 is 13.2 Å². The molecule has 0 atom stereocenters. The van der Waals surface area contributed by atoms with Gasteiger partial charge in [-0.25, -0.2) is 4.85 Å². The number of nitrogens with zero attached hydrogens (tertiary/aromatic N) is 2. The SMILES string of the molecule is [2H]C([2H])([2H])c1cc(C)c(-c2cc(C([2H])([2H])C(C)C)cc(C)[n+]2C)c2oc3c([N+]#[C-])cccc3c12. The average molecular weight is 389 g/mol. The molecule has 2 aromatic carbocycles. The fourth-order valence-electron chi connectivity index (χ4n) is 3.95. The van der Waals surface area contributed by atoms with Gasteiger partial charge in [-0.05, 0) is 42.8 Å². The van der Waals surface area contributed by atoms with Gasteiger partial charge in [0, 0.05) is 36.7 Å². The highest BCUT2D eigenvalue weighted by molar-refractivity contribution is 6.14. The summed E-state index contributed by atoms with van der Waals surface area (Å²) < 4.78 is 50.0. The number of rotatable bonds is 3. The first-order valence-electron chi connectivity index (χ1n) is 12.2. The molecule has 0 saturated carbocycles. The Morgan fingerprint density at radius 3 is 2.66 bits per heavy atom. The summed E-state index contributed by atoms with van der Waals surface area (Å²) in [7, 11) is 1.90. The molecule has 0 aliphatic heterocycles. The molecule has 0 radical (unpaired) electrons. The van der Waals surface area contributed by atoms with Crippen molar-refractivity contribution >= 4 is 27.6 Å². The molecule has 0 N–H and O–H groups in total. The maximum absolute atomic E-state index is 8.65. The summed E-state index contributed by atoms with van der Waals surface area (Å²) in [6, 6.07) is 10.5. The van der Waals surface area contributed by atoms with Crippen molar-refractivity contribution in [1.82, 2.24) is 0 Å². The van der Waals surface area contributed by atoms with Gasteiger partial charge < -0.3 is 4.42 Å². The lowest BCUT2D eigenvalue weighted by Crippen LogP contribution is -2.35. The van der Waals surface area contributed by atoms with Crippen LogP contribution in [0.25, 0.3) is 38.0 Å². The second kappa shape index (κ2) is 7.04. The van der Waals surface area contributed by atoms with Gasteiger partial charge in [0.2, 0.25) is 11.4 Å². The van der Waals surface area contributed by atoms with E-state index in [2.05, 4.69) is 4.85 Å². The third-order valence-electron chi connectivity index (χ3n) is 5.33. The van der Waals surface area contributed by atoms with Crippen LogP contribution in [0.15, 0.2) is 40.8 Å². The summed E-state index contributed by atoms with van der Waals surface area (Å²) in [5.74, 6) is -0.237. The summed E-state index contributed by atoms with van der Waals surface area (Å²) in [5.41, 5.74) is 4.80. The van der Waals surface area contributed by atoms with E-state index in [0.29, 0.717) is 44.3 Å². The second-order valence-corrected chi connectivity index (χ2v) is 7.82. The van der Waals surface area contributed by atoms with Gasteiger partial charge in [-0.1, -0.05) is 38.1 Å². The number of fused-ring (bicyclic) bond motifs is 3. The molecule has 0 amide bonds. The normalized spacial score (nSPS) is 15.0. The molecule has 0 saturated heterocycles. The number of aromatic nitrogens is 1.